The van der Waals surface area contributed by atoms with Crippen LogP contribution in [-0.4, -0.2) is 138 Å². The minimum Gasteiger partial charge on any atom is -0.741 e. The largest absolute Gasteiger partial charge is 0.741 e. The van der Waals surface area contributed by atoms with Crippen molar-refractivity contribution in [3.05, 3.63) is 47.8 Å². The van der Waals surface area contributed by atoms with E-state index in [2.05, 4.69) is 36.8 Å². The van der Waals surface area contributed by atoms with E-state index in [1.807, 2.05) is 6.07 Å². The van der Waals surface area contributed by atoms with Gasteiger partial charge in [0, 0.05) is 58.1 Å². The molecule has 4 aromatic heterocycles. The molecule has 1 aliphatic carbocycles. The van der Waals surface area contributed by atoms with Crippen LogP contribution >= 0.6 is 0 Å². The predicted molar refractivity (Wildman–Crippen MR) is 209 cm³/mol. The molecule has 20 heteroatoms. The lowest BCUT2D eigenvalue weighted by Gasteiger charge is -2.35. The molecule has 4 aromatic rings. The zero-order valence-electron chi connectivity index (χ0n) is 31.8. The predicted octanol–water partition coefficient (Wildman–Crippen LogP) is 3.55. The molecule has 56 heavy (non-hydrogen) atoms. The van der Waals surface area contributed by atoms with Crippen LogP contribution in [-0.2, 0) is 21.8 Å². The van der Waals surface area contributed by atoms with Crippen molar-refractivity contribution in [2.45, 2.75) is 57.2 Å². The highest BCUT2D eigenvalue weighted by Crippen LogP contribution is 2.37. The smallest absolute Gasteiger partial charge is 0.398 e. The van der Waals surface area contributed by atoms with Gasteiger partial charge in [0.05, 0.1) is 80.0 Å². The second kappa shape index (κ2) is 16.6. The lowest BCUT2D eigenvalue weighted by molar-refractivity contribution is -0.362. The molecule has 6 heterocycles. The number of piperazine rings is 1. The fourth-order valence-corrected chi connectivity index (χ4v) is 8.86. The Hall–Kier alpha value is -4.95. The molecule has 1 saturated carbocycles. The van der Waals surface area contributed by atoms with E-state index in [9.17, 15) is 22.4 Å². The Bertz CT molecular complexity index is 2100. The summed E-state index contributed by atoms with van der Waals surface area (Å²) < 4.78 is 67.7. The van der Waals surface area contributed by atoms with Crippen LogP contribution in [0.2, 0.25) is 0 Å². The minimum atomic E-state index is -3.86. The van der Waals surface area contributed by atoms with Gasteiger partial charge < -0.3 is 29.8 Å². The average molecular weight is 799 g/mol. The molecule has 0 bridgehead atoms. The van der Waals surface area contributed by atoms with Crippen molar-refractivity contribution >= 4 is 56.7 Å². The Morgan fingerprint density at radius 1 is 1.00 bits per heavy atom. The fourth-order valence-electron chi connectivity index (χ4n) is 7.70. The molecule has 0 amide bonds. The normalized spacial score (nSPS) is 20.3. The molecule has 0 aromatic carbocycles. The number of sulfonamides is 1. The highest BCUT2D eigenvalue weighted by molar-refractivity contribution is 7.92. The molecule has 1 atom stereocenters. The maximum absolute atomic E-state index is 13.4. The number of aromatic nitrogens is 6. The quantitative estimate of drug-likeness (QED) is 0.0901. The van der Waals surface area contributed by atoms with Crippen molar-refractivity contribution in [2.75, 3.05) is 84.7 Å². The molecule has 7 rings (SSSR count). The van der Waals surface area contributed by atoms with Crippen LogP contribution in [0.3, 0.4) is 0 Å². The molecule has 3 fully saturated rings. The summed E-state index contributed by atoms with van der Waals surface area (Å²) in [5.41, 5.74) is 2.27. The highest BCUT2D eigenvalue weighted by atomic mass is 32.2. The number of ether oxygens (including phenoxy) is 2. The van der Waals surface area contributed by atoms with Gasteiger partial charge in [-0.3, -0.25) is 18.9 Å². The number of morpholine rings is 1. The summed E-state index contributed by atoms with van der Waals surface area (Å²) in [5.74, 6) is 1.64. The van der Waals surface area contributed by atoms with E-state index in [4.69, 9.17) is 19.4 Å². The van der Waals surface area contributed by atoms with Crippen molar-refractivity contribution in [3.63, 3.8) is 0 Å². The molecule has 1 unspecified atom stereocenters. The molecule has 1 N–H and O–H groups in total. The third-order valence-electron chi connectivity index (χ3n) is 10.6. The molecule has 0 spiro atoms. The first kappa shape index (κ1) is 39.3. The van der Waals surface area contributed by atoms with Crippen molar-refractivity contribution in [2.24, 2.45) is 7.05 Å². The molecule has 2 saturated heterocycles. The van der Waals surface area contributed by atoms with Gasteiger partial charge in [-0.15, -0.1) is 0 Å². The van der Waals surface area contributed by atoms with Gasteiger partial charge in [-0.1, -0.05) is 4.98 Å². The summed E-state index contributed by atoms with van der Waals surface area (Å²) in [6, 6.07) is 3.00. The van der Waals surface area contributed by atoms with E-state index in [0.717, 1.165) is 37.6 Å². The van der Waals surface area contributed by atoms with Gasteiger partial charge in [-0.2, -0.15) is 4.98 Å². The number of nitrogens with zero attached hydrogens (tertiary/aromatic N) is 11. The lowest BCUT2D eigenvalue weighted by atomic mass is 9.93. The van der Waals surface area contributed by atoms with Crippen LogP contribution in [0.4, 0.5) is 37.9 Å². The van der Waals surface area contributed by atoms with Gasteiger partial charge in [0.15, 0.2) is 0 Å². The molecular weight excluding hydrogens is 751 g/mol. The van der Waals surface area contributed by atoms with E-state index in [0.29, 0.717) is 97.2 Å². The Morgan fingerprint density at radius 2 is 1.70 bits per heavy atom. The first-order chi connectivity index (χ1) is 26.8. The Kier molecular flexibility index (Phi) is 11.7. The minimum absolute atomic E-state index is 0.0420. The van der Waals surface area contributed by atoms with Gasteiger partial charge in [-0.05, 0) is 38.7 Å². The van der Waals surface area contributed by atoms with Crippen LogP contribution in [0, 0.1) is 5.21 Å². The standard InChI is InChI=1S/C36H48F2N12O5S/c1-24(31-22-42-36(45(31)2)46(3)51)50(56(4,52)53)26-17-29-30(39-19-26)18-33(49-13-15-54-16-14-49)44-34(29)55-28-7-5-25(6-8-28)43-35-40-20-27(21-41-35)48-11-9-47(10-12-48)23-32(37)38/h17-22,24-25,28,32H,3,5-16,23H2,1-2,4H3,(H,40,41,43). The Balaban J connectivity index is 1.07. The molecule has 302 valence electrons. The van der Waals surface area contributed by atoms with Crippen LogP contribution in [0.1, 0.15) is 44.3 Å². The van der Waals surface area contributed by atoms with Gasteiger partial charge in [0.2, 0.25) is 21.9 Å². The highest BCUT2D eigenvalue weighted by Gasteiger charge is 2.32. The second-order valence-electron chi connectivity index (χ2n) is 14.5. The first-order valence-electron chi connectivity index (χ1n) is 18.8. The first-order valence-corrected chi connectivity index (χ1v) is 20.6. The van der Waals surface area contributed by atoms with Crippen molar-refractivity contribution in [1.29, 1.82) is 0 Å². The summed E-state index contributed by atoms with van der Waals surface area (Å²) in [4.78, 5) is 28.9. The third kappa shape index (κ3) is 8.86. The summed E-state index contributed by atoms with van der Waals surface area (Å²) in [6.45, 7) is 9.78. The van der Waals surface area contributed by atoms with E-state index < -0.39 is 22.5 Å². The number of anilines is 4. The molecule has 17 nitrogen and oxygen atoms in total. The maximum Gasteiger partial charge on any atom is 0.398 e. The molecular formula is C36H48F2N12O5S. The van der Waals surface area contributed by atoms with Gasteiger partial charge in [-0.25, -0.2) is 31.7 Å². The maximum atomic E-state index is 13.4. The van der Waals surface area contributed by atoms with Gasteiger partial charge in [0.1, 0.15) is 23.8 Å². The number of fused-ring (bicyclic) bond motifs is 1. The van der Waals surface area contributed by atoms with Crippen molar-refractivity contribution in [3.8, 4) is 5.88 Å². The topological polar surface area (TPSA) is 173 Å². The number of halogens is 2. The number of nitrogens with one attached hydrogen (secondary N) is 1. The number of hydrogen-bond acceptors (Lipinski definition) is 14. The van der Waals surface area contributed by atoms with Crippen molar-refractivity contribution in [1.82, 2.24) is 34.4 Å². The SMILES string of the molecule is C=[N+]([O-])c1ncc(C(C)N(c2cnc3cc(N4CCOCC4)nc(OC4CCC(Nc5ncc(N6CCN(CC(F)F)CC6)cn5)CC4)c3c2)S(C)(=O)=O)n1C. The summed E-state index contributed by atoms with van der Waals surface area (Å²) >= 11 is 0. The van der Waals surface area contributed by atoms with E-state index >= 15 is 0 Å². The number of rotatable bonds is 13. The van der Waals surface area contributed by atoms with E-state index in [-0.39, 0.29) is 24.6 Å². The summed E-state index contributed by atoms with van der Waals surface area (Å²) in [5, 5.41) is 16.0. The number of hydrogen-bond donors (Lipinski definition) is 1. The summed E-state index contributed by atoms with van der Waals surface area (Å²) in [7, 11) is -2.22. The van der Waals surface area contributed by atoms with Gasteiger partial charge >= 0.3 is 5.95 Å². The van der Waals surface area contributed by atoms with Crippen molar-refractivity contribution < 1.29 is 31.4 Å². The number of alkyl halides is 2. The van der Waals surface area contributed by atoms with Crippen LogP contribution in [0.15, 0.2) is 36.9 Å². The van der Waals surface area contributed by atoms with Crippen LogP contribution < -0.4 is 24.2 Å². The Labute approximate surface area is 324 Å². The average Bonchev–Trinajstić information content (AvgIpc) is 3.57. The van der Waals surface area contributed by atoms with Crippen LogP contribution in [0.5, 0.6) is 5.88 Å². The second-order valence-corrected chi connectivity index (χ2v) is 16.3. The van der Waals surface area contributed by atoms with Gasteiger partial charge in [0.25, 0.3) is 6.43 Å². The van der Waals surface area contributed by atoms with E-state index in [1.165, 1.54) is 21.3 Å². The monoisotopic (exact) mass is 798 g/mol. The molecule has 0 radical (unpaired) electrons. The lowest BCUT2D eigenvalue weighted by Crippen LogP contribution is -2.47. The fraction of sp³-hybridized carbons (Fsp3) is 0.556. The molecule has 2 aliphatic heterocycles. The van der Waals surface area contributed by atoms with E-state index in [1.54, 1.807) is 37.3 Å². The third-order valence-corrected chi connectivity index (χ3v) is 11.9. The zero-order chi connectivity index (χ0) is 39.6. The number of pyridine rings is 2. The molecule has 3 aliphatic rings. The number of imidazole rings is 1. The summed E-state index contributed by atoms with van der Waals surface area (Å²) in [6.07, 6.45) is 8.22. The Morgan fingerprint density at radius 3 is 2.32 bits per heavy atom. The zero-order valence-corrected chi connectivity index (χ0v) is 32.6. The van der Waals surface area contributed by atoms with Crippen LogP contribution in [0.25, 0.3) is 10.9 Å².